The molecule has 4 unspecified atom stereocenters. The van der Waals surface area contributed by atoms with Crippen LogP contribution in [0.2, 0.25) is 0 Å². The Morgan fingerprint density at radius 3 is 2.72 bits per heavy atom. The number of carbonyl (C=O) groups is 3. The van der Waals surface area contributed by atoms with Gasteiger partial charge in [0.25, 0.3) is 0 Å². The van der Waals surface area contributed by atoms with E-state index in [1.54, 1.807) is 11.0 Å². The summed E-state index contributed by atoms with van der Waals surface area (Å²) in [4.78, 5) is 38.8. The van der Waals surface area contributed by atoms with Crippen LogP contribution in [-0.4, -0.2) is 39.9 Å². The lowest BCUT2D eigenvalue weighted by Gasteiger charge is -2.36. The van der Waals surface area contributed by atoms with Crippen molar-refractivity contribution in [1.82, 2.24) is 4.90 Å². The van der Waals surface area contributed by atoms with E-state index >= 15 is 0 Å². The maximum atomic E-state index is 13.4. The van der Waals surface area contributed by atoms with Crippen LogP contribution in [0.3, 0.4) is 0 Å². The van der Waals surface area contributed by atoms with Crippen molar-refractivity contribution in [2.45, 2.75) is 56.5 Å². The molecule has 2 amide bonds. The number of nitrogens with zero attached hydrogens (tertiary/aromatic N) is 1. The van der Waals surface area contributed by atoms with Crippen LogP contribution in [0.25, 0.3) is 0 Å². The Kier molecular flexibility index (Phi) is 3.98. The molecule has 2 N–H and O–H groups in total. The third-order valence-corrected chi connectivity index (χ3v) is 5.93. The van der Waals surface area contributed by atoms with Crippen LogP contribution < -0.4 is 5.32 Å². The van der Waals surface area contributed by atoms with Crippen molar-refractivity contribution in [3.8, 4) is 0 Å². The molecule has 1 aromatic rings. The summed E-state index contributed by atoms with van der Waals surface area (Å²) < 4.78 is 0. The van der Waals surface area contributed by atoms with Gasteiger partial charge in [-0.1, -0.05) is 31.0 Å². The number of hydrogen-bond acceptors (Lipinski definition) is 3. The zero-order valence-corrected chi connectivity index (χ0v) is 14.0. The number of para-hydroxylation sites is 1. The van der Waals surface area contributed by atoms with E-state index in [4.69, 9.17) is 0 Å². The van der Waals surface area contributed by atoms with Gasteiger partial charge < -0.3 is 15.3 Å². The molecule has 3 aliphatic rings. The summed E-state index contributed by atoms with van der Waals surface area (Å²) in [5.74, 6) is -1.65. The predicted molar refractivity (Wildman–Crippen MR) is 91.1 cm³/mol. The molecule has 0 radical (unpaired) electrons. The third-order valence-electron chi connectivity index (χ3n) is 5.93. The Bertz CT molecular complexity index is 732. The van der Waals surface area contributed by atoms with Gasteiger partial charge in [0.05, 0.1) is 5.92 Å². The lowest BCUT2D eigenvalue weighted by molar-refractivity contribution is -0.150. The highest BCUT2D eigenvalue weighted by atomic mass is 16.4. The largest absolute Gasteiger partial charge is 0.480 e. The van der Waals surface area contributed by atoms with Crippen LogP contribution in [0.4, 0.5) is 5.69 Å². The molecule has 1 saturated heterocycles. The molecule has 6 heteroatoms. The monoisotopic (exact) mass is 342 g/mol. The van der Waals surface area contributed by atoms with Crippen LogP contribution in [0.5, 0.6) is 0 Å². The van der Waals surface area contributed by atoms with Gasteiger partial charge in [0.1, 0.15) is 6.04 Å². The molecule has 1 aliphatic carbocycles. The zero-order valence-electron chi connectivity index (χ0n) is 14.0. The van der Waals surface area contributed by atoms with Crippen molar-refractivity contribution < 1.29 is 19.5 Å². The standard InChI is InChI=1S/C19H22N2O4/c22-17-10-13(12-6-2-3-7-14(12)20-17)18(23)21-15-8-4-1-5-11(15)9-16(21)19(24)25/h2-3,6-7,11,13,15-16H,1,4-5,8-10H2,(H,20,22)(H,24,25). The summed E-state index contributed by atoms with van der Waals surface area (Å²) in [6, 6.07) is 6.53. The minimum Gasteiger partial charge on any atom is -0.480 e. The van der Waals surface area contributed by atoms with Gasteiger partial charge in [-0.05, 0) is 36.8 Å². The maximum Gasteiger partial charge on any atom is 0.326 e. The second-order valence-corrected chi connectivity index (χ2v) is 7.34. The number of carbonyl (C=O) groups excluding carboxylic acids is 2. The molecule has 0 spiro atoms. The highest BCUT2D eigenvalue weighted by molar-refractivity contribution is 6.02. The molecular weight excluding hydrogens is 320 g/mol. The van der Waals surface area contributed by atoms with E-state index in [1.807, 2.05) is 18.2 Å². The number of fused-ring (bicyclic) bond motifs is 2. The highest BCUT2D eigenvalue weighted by Crippen LogP contribution is 2.43. The molecule has 2 aliphatic heterocycles. The fraction of sp³-hybridized carbons (Fsp3) is 0.526. The van der Waals surface area contributed by atoms with E-state index in [2.05, 4.69) is 5.32 Å². The Hall–Kier alpha value is -2.37. The molecule has 4 rings (SSSR count). The number of anilines is 1. The molecule has 0 aromatic heterocycles. The van der Waals surface area contributed by atoms with E-state index in [-0.39, 0.29) is 30.2 Å². The van der Waals surface area contributed by atoms with Crippen molar-refractivity contribution in [2.75, 3.05) is 5.32 Å². The van der Waals surface area contributed by atoms with Gasteiger partial charge in [-0.15, -0.1) is 0 Å². The lowest BCUT2D eigenvalue weighted by Crippen LogP contribution is -2.49. The Morgan fingerprint density at radius 1 is 1.16 bits per heavy atom. The Labute approximate surface area is 146 Å². The Balaban J connectivity index is 1.69. The van der Waals surface area contributed by atoms with Crippen LogP contribution in [-0.2, 0) is 14.4 Å². The normalized spacial score (nSPS) is 31.0. The summed E-state index contributed by atoms with van der Waals surface area (Å²) in [6.07, 6.45) is 4.59. The van der Waals surface area contributed by atoms with Crippen LogP contribution in [0, 0.1) is 5.92 Å². The minimum absolute atomic E-state index is 0.000463. The molecule has 4 atom stereocenters. The fourth-order valence-corrected chi connectivity index (χ4v) is 4.81. The van der Waals surface area contributed by atoms with Gasteiger partial charge in [0.15, 0.2) is 0 Å². The van der Waals surface area contributed by atoms with Crippen LogP contribution in [0.15, 0.2) is 24.3 Å². The van der Waals surface area contributed by atoms with Crippen molar-refractivity contribution in [3.63, 3.8) is 0 Å². The minimum atomic E-state index is -0.934. The number of likely N-dealkylation sites (tertiary alicyclic amines) is 1. The molecule has 1 aromatic carbocycles. The molecular formula is C19H22N2O4. The van der Waals surface area contributed by atoms with Crippen molar-refractivity contribution in [2.24, 2.45) is 5.92 Å². The quantitative estimate of drug-likeness (QED) is 0.864. The van der Waals surface area contributed by atoms with Crippen molar-refractivity contribution in [3.05, 3.63) is 29.8 Å². The van der Waals surface area contributed by atoms with Gasteiger partial charge in [0, 0.05) is 18.2 Å². The first-order valence-corrected chi connectivity index (χ1v) is 9.00. The number of amides is 2. The predicted octanol–water partition coefficient (Wildman–Crippen LogP) is 2.36. The van der Waals surface area contributed by atoms with E-state index in [1.165, 1.54) is 0 Å². The summed E-state index contributed by atoms with van der Waals surface area (Å²) in [5.41, 5.74) is 1.44. The smallest absolute Gasteiger partial charge is 0.326 e. The van der Waals surface area contributed by atoms with Gasteiger partial charge in [0.2, 0.25) is 11.8 Å². The van der Waals surface area contributed by atoms with E-state index in [0.717, 1.165) is 31.2 Å². The summed E-state index contributed by atoms with van der Waals surface area (Å²) in [5, 5.41) is 12.5. The highest BCUT2D eigenvalue weighted by Gasteiger charge is 2.49. The summed E-state index contributed by atoms with van der Waals surface area (Å²) in [6.45, 7) is 0. The number of carboxylic acid groups (broad SMARTS) is 1. The first-order chi connectivity index (χ1) is 12.1. The molecule has 0 bridgehead atoms. The number of hydrogen-bond donors (Lipinski definition) is 2. The third kappa shape index (κ3) is 2.69. The summed E-state index contributed by atoms with van der Waals surface area (Å²) >= 11 is 0. The maximum absolute atomic E-state index is 13.4. The fourth-order valence-electron chi connectivity index (χ4n) is 4.81. The second-order valence-electron chi connectivity index (χ2n) is 7.34. The average Bonchev–Trinajstić information content (AvgIpc) is 3.00. The topological polar surface area (TPSA) is 86.7 Å². The van der Waals surface area contributed by atoms with Gasteiger partial charge in [-0.3, -0.25) is 9.59 Å². The van der Waals surface area contributed by atoms with E-state index < -0.39 is 17.9 Å². The number of nitrogens with one attached hydrogen (secondary N) is 1. The van der Waals surface area contributed by atoms with Gasteiger partial charge in [-0.2, -0.15) is 0 Å². The number of rotatable bonds is 2. The first kappa shape index (κ1) is 16.1. The van der Waals surface area contributed by atoms with E-state index in [0.29, 0.717) is 12.1 Å². The number of aliphatic carboxylic acids is 1. The first-order valence-electron chi connectivity index (χ1n) is 9.00. The molecule has 2 heterocycles. The Morgan fingerprint density at radius 2 is 1.92 bits per heavy atom. The molecule has 132 valence electrons. The SMILES string of the molecule is O=C1CC(C(=O)N2C(C(=O)O)CC3CCCCC32)c2ccccc2N1. The van der Waals surface area contributed by atoms with E-state index in [9.17, 15) is 19.5 Å². The second kappa shape index (κ2) is 6.17. The average molecular weight is 342 g/mol. The van der Waals surface area contributed by atoms with Gasteiger partial charge >= 0.3 is 5.97 Å². The molecule has 6 nitrogen and oxygen atoms in total. The molecule has 2 fully saturated rings. The number of benzene rings is 1. The van der Waals surface area contributed by atoms with Crippen molar-refractivity contribution in [1.29, 1.82) is 0 Å². The lowest BCUT2D eigenvalue weighted by atomic mass is 9.84. The van der Waals surface area contributed by atoms with Crippen LogP contribution in [0.1, 0.15) is 50.0 Å². The van der Waals surface area contributed by atoms with Crippen molar-refractivity contribution >= 4 is 23.5 Å². The molecule has 25 heavy (non-hydrogen) atoms. The summed E-state index contributed by atoms with van der Waals surface area (Å²) in [7, 11) is 0. The van der Waals surface area contributed by atoms with Crippen LogP contribution >= 0.6 is 0 Å². The number of carboxylic acids is 1. The molecule has 1 saturated carbocycles. The zero-order chi connectivity index (χ0) is 17.6. The van der Waals surface area contributed by atoms with Gasteiger partial charge in [-0.25, -0.2) is 4.79 Å².